The predicted molar refractivity (Wildman–Crippen MR) is 63.7 cm³/mol. The molecule has 0 aliphatic rings. The van der Waals surface area contributed by atoms with Gasteiger partial charge in [0, 0.05) is 6.07 Å². The number of benzene rings is 1. The van der Waals surface area contributed by atoms with Crippen LogP contribution in [-0.4, -0.2) is 22.1 Å². The molecule has 0 aliphatic heterocycles. The van der Waals surface area contributed by atoms with Crippen molar-refractivity contribution in [3.8, 4) is 11.8 Å². The van der Waals surface area contributed by atoms with Gasteiger partial charge in [0.2, 0.25) is 5.75 Å². The zero-order valence-electron chi connectivity index (χ0n) is 8.76. The Morgan fingerprint density at radius 2 is 2.16 bits per heavy atom. The minimum atomic E-state index is -4.61. The first kappa shape index (κ1) is 15.0. The number of hydrogen-bond acceptors (Lipinski definition) is 5. The number of ether oxygens (including phenoxy) is 1. The van der Waals surface area contributed by atoms with E-state index in [-0.39, 0.29) is 9.13 Å². The Morgan fingerprint density at radius 3 is 2.58 bits per heavy atom. The predicted octanol–water partition coefficient (Wildman–Crippen LogP) is 2.13. The van der Waals surface area contributed by atoms with Crippen molar-refractivity contribution in [3.63, 3.8) is 0 Å². The molecular weight excluding hydrogens is 381 g/mol. The Morgan fingerprint density at radius 1 is 1.58 bits per heavy atom. The first-order valence-electron chi connectivity index (χ1n) is 4.37. The molecule has 1 rings (SSSR count). The van der Waals surface area contributed by atoms with Crippen molar-refractivity contribution in [2.24, 2.45) is 0 Å². The summed E-state index contributed by atoms with van der Waals surface area (Å²) in [4.78, 5) is 19.9. The van der Waals surface area contributed by atoms with Crippen LogP contribution in [0.1, 0.15) is 5.56 Å². The van der Waals surface area contributed by atoms with Gasteiger partial charge in [-0.2, -0.15) is 14.0 Å². The molecule has 7 nitrogen and oxygen atoms in total. The highest BCUT2D eigenvalue weighted by atomic mass is 127. The van der Waals surface area contributed by atoms with E-state index >= 15 is 0 Å². The highest BCUT2D eigenvalue weighted by Crippen LogP contribution is 2.36. The van der Waals surface area contributed by atoms with Gasteiger partial charge in [0.25, 0.3) is 0 Å². The Bertz CT molecular complexity index is 599. The number of carbonyl (C=O) groups is 1. The average Bonchev–Trinajstić information content (AvgIpc) is 2.30. The number of nitrogens with zero attached hydrogens (tertiary/aromatic N) is 2. The summed E-state index contributed by atoms with van der Waals surface area (Å²) in [5.74, 6) is -3.49. The second kappa shape index (κ2) is 5.31. The molecule has 0 radical (unpaired) electrons. The van der Waals surface area contributed by atoms with E-state index in [0.29, 0.717) is 0 Å². The first-order chi connectivity index (χ1) is 8.69. The zero-order valence-corrected chi connectivity index (χ0v) is 10.9. The molecule has 100 valence electrons. The van der Waals surface area contributed by atoms with Crippen LogP contribution in [0.4, 0.5) is 14.5 Å². The fraction of sp³-hybridized carbons (Fsp3) is 0.111. The topological polar surface area (TPSA) is 113 Å². The summed E-state index contributed by atoms with van der Waals surface area (Å²) < 4.78 is 29.6. The maximum absolute atomic E-state index is 12.9. The number of nitro benzene ring substituents is 1. The zero-order chi connectivity index (χ0) is 14.8. The smallest absolute Gasteiger partial charge is 0.474 e. The second-order valence-corrected chi connectivity index (χ2v) is 4.26. The van der Waals surface area contributed by atoms with E-state index in [1.165, 1.54) is 22.6 Å². The maximum Gasteiger partial charge on any atom is 0.502 e. The number of nitro groups is 1. The third-order valence-electron chi connectivity index (χ3n) is 1.83. The van der Waals surface area contributed by atoms with E-state index in [1.807, 2.05) is 0 Å². The van der Waals surface area contributed by atoms with Crippen molar-refractivity contribution < 1.29 is 28.3 Å². The van der Waals surface area contributed by atoms with Gasteiger partial charge in [-0.3, -0.25) is 10.1 Å². The fourth-order valence-corrected chi connectivity index (χ4v) is 1.77. The SMILES string of the molecule is N#Cc1cc(I)c(OC(F)(F)C(=O)O)c([N+](=O)[O-])c1. The Kier molecular flexibility index (Phi) is 4.20. The van der Waals surface area contributed by atoms with Crippen LogP contribution >= 0.6 is 22.6 Å². The summed E-state index contributed by atoms with van der Waals surface area (Å²) in [6.07, 6.45) is -4.61. The molecule has 0 heterocycles. The minimum Gasteiger partial charge on any atom is -0.474 e. The Balaban J connectivity index is 3.39. The molecule has 1 aromatic carbocycles. The number of carboxylic acids is 1. The third-order valence-corrected chi connectivity index (χ3v) is 2.63. The number of rotatable bonds is 4. The first-order valence-corrected chi connectivity index (χ1v) is 5.45. The van der Waals surface area contributed by atoms with Crippen LogP contribution in [0.15, 0.2) is 12.1 Å². The van der Waals surface area contributed by atoms with Crippen molar-refractivity contribution >= 4 is 34.2 Å². The molecular formula is C9H3F2IN2O5. The summed E-state index contributed by atoms with van der Waals surface area (Å²) in [6.45, 7) is 0. The van der Waals surface area contributed by atoms with Gasteiger partial charge >= 0.3 is 17.8 Å². The molecule has 0 atom stereocenters. The van der Waals surface area contributed by atoms with Gasteiger partial charge in [-0.05, 0) is 28.7 Å². The second-order valence-electron chi connectivity index (χ2n) is 3.10. The normalized spacial score (nSPS) is 10.6. The van der Waals surface area contributed by atoms with Crippen LogP contribution in [0.3, 0.4) is 0 Å². The standard InChI is InChI=1S/C9H3F2IN2O5/c10-9(11,8(15)16)19-7-5(12)1-4(3-13)2-6(7)14(17)18/h1-2H,(H,15,16). The summed E-state index contributed by atoms with van der Waals surface area (Å²) >= 11 is 1.42. The molecule has 0 aromatic heterocycles. The number of nitriles is 1. The molecule has 0 amide bonds. The highest BCUT2D eigenvalue weighted by molar-refractivity contribution is 14.1. The molecule has 19 heavy (non-hydrogen) atoms. The van der Waals surface area contributed by atoms with Crippen LogP contribution in [0.2, 0.25) is 0 Å². The summed E-state index contributed by atoms with van der Waals surface area (Å²) in [5.41, 5.74) is -1.05. The van der Waals surface area contributed by atoms with Crippen molar-refractivity contribution in [1.82, 2.24) is 0 Å². The Labute approximate surface area is 117 Å². The third kappa shape index (κ3) is 3.25. The molecule has 0 spiro atoms. The lowest BCUT2D eigenvalue weighted by Crippen LogP contribution is -2.35. The van der Waals surface area contributed by atoms with Crippen LogP contribution < -0.4 is 4.74 Å². The number of hydrogen-bond donors (Lipinski definition) is 1. The van der Waals surface area contributed by atoms with E-state index in [9.17, 15) is 23.7 Å². The lowest BCUT2D eigenvalue weighted by Gasteiger charge is -2.14. The highest BCUT2D eigenvalue weighted by Gasteiger charge is 2.44. The van der Waals surface area contributed by atoms with Gasteiger partial charge in [-0.25, -0.2) is 4.79 Å². The van der Waals surface area contributed by atoms with Crippen LogP contribution in [0.5, 0.6) is 5.75 Å². The molecule has 0 aliphatic carbocycles. The lowest BCUT2D eigenvalue weighted by molar-refractivity contribution is -0.387. The van der Waals surface area contributed by atoms with E-state index in [2.05, 4.69) is 4.74 Å². The molecule has 1 aromatic rings. The van der Waals surface area contributed by atoms with Crippen molar-refractivity contribution in [2.45, 2.75) is 6.11 Å². The number of alkyl halides is 2. The van der Waals surface area contributed by atoms with Crippen LogP contribution in [-0.2, 0) is 4.79 Å². The molecule has 0 saturated carbocycles. The van der Waals surface area contributed by atoms with E-state index in [0.717, 1.165) is 12.1 Å². The van der Waals surface area contributed by atoms with Crippen LogP contribution in [0.25, 0.3) is 0 Å². The van der Waals surface area contributed by atoms with Gasteiger partial charge in [0.1, 0.15) is 0 Å². The number of carboxylic acid groups (broad SMARTS) is 1. The summed E-state index contributed by atoms with van der Waals surface area (Å²) in [7, 11) is 0. The molecule has 0 bridgehead atoms. The number of halogens is 3. The Hall–Kier alpha value is -2.03. The molecule has 1 N–H and O–H groups in total. The quantitative estimate of drug-likeness (QED) is 0.484. The van der Waals surface area contributed by atoms with Crippen LogP contribution in [0, 0.1) is 25.0 Å². The van der Waals surface area contributed by atoms with E-state index < -0.39 is 28.4 Å². The summed E-state index contributed by atoms with van der Waals surface area (Å²) in [5, 5.41) is 27.6. The fourth-order valence-electron chi connectivity index (χ4n) is 1.05. The molecule has 0 fully saturated rings. The minimum absolute atomic E-state index is 0.137. The number of aliphatic carboxylic acids is 1. The molecule has 10 heteroatoms. The summed E-state index contributed by atoms with van der Waals surface area (Å²) in [6, 6.07) is 3.38. The van der Waals surface area contributed by atoms with Gasteiger partial charge < -0.3 is 9.84 Å². The monoisotopic (exact) mass is 384 g/mol. The molecule has 0 saturated heterocycles. The van der Waals surface area contributed by atoms with E-state index in [1.54, 1.807) is 6.07 Å². The average molecular weight is 384 g/mol. The van der Waals surface area contributed by atoms with Gasteiger partial charge in [-0.15, -0.1) is 0 Å². The van der Waals surface area contributed by atoms with Crippen molar-refractivity contribution in [3.05, 3.63) is 31.4 Å². The van der Waals surface area contributed by atoms with Crippen molar-refractivity contribution in [1.29, 1.82) is 5.26 Å². The molecule has 0 unspecified atom stereocenters. The maximum atomic E-state index is 12.9. The van der Waals surface area contributed by atoms with Gasteiger partial charge in [0.15, 0.2) is 0 Å². The van der Waals surface area contributed by atoms with Crippen molar-refractivity contribution in [2.75, 3.05) is 0 Å². The van der Waals surface area contributed by atoms with E-state index in [4.69, 9.17) is 10.4 Å². The largest absolute Gasteiger partial charge is 0.502 e. The van der Waals surface area contributed by atoms with Gasteiger partial charge in [0.05, 0.1) is 20.1 Å². The van der Waals surface area contributed by atoms with Gasteiger partial charge in [-0.1, -0.05) is 0 Å². The lowest BCUT2D eigenvalue weighted by atomic mass is 10.2.